The Hall–Kier alpha value is -2.49. The predicted molar refractivity (Wildman–Crippen MR) is 81.1 cm³/mol. The fourth-order valence-corrected chi connectivity index (χ4v) is 1.99. The van der Waals surface area contributed by atoms with Crippen LogP contribution in [0.2, 0.25) is 0 Å². The number of carbonyl (C=O) groups is 1. The Labute approximate surface area is 118 Å². The molecule has 4 N–H and O–H groups in total. The fourth-order valence-electron chi connectivity index (χ4n) is 1.99. The first-order valence-corrected chi connectivity index (χ1v) is 6.37. The van der Waals surface area contributed by atoms with Crippen molar-refractivity contribution in [2.75, 3.05) is 11.1 Å². The maximum atomic E-state index is 12.2. The number of hydrogen-bond acceptors (Lipinski definition) is 3. The summed E-state index contributed by atoms with van der Waals surface area (Å²) >= 11 is 0. The largest absolute Gasteiger partial charge is 0.508 e. The fraction of sp³-hybridized carbons (Fsp3) is 0.188. The van der Waals surface area contributed by atoms with E-state index in [0.29, 0.717) is 11.3 Å². The lowest BCUT2D eigenvalue weighted by atomic mass is 10.1. The van der Waals surface area contributed by atoms with Gasteiger partial charge in [-0.2, -0.15) is 0 Å². The van der Waals surface area contributed by atoms with E-state index in [2.05, 4.69) is 5.32 Å². The van der Waals surface area contributed by atoms with Crippen LogP contribution in [0, 0.1) is 20.8 Å². The number of amides is 1. The molecule has 0 aromatic heterocycles. The summed E-state index contributed by atoms with van der Waals surface area (Å²) in [5, 5.41) is 12.5. The van der Waals surface area contributed by atoms with Crippen molar-refractivity contribution in [2.24, 2.45) is 0 Å². The minimum atomic E-state index is -0.267. The van der Waals surface area contributed by atoms with Gasteiger partial charge in [-0.15, -0.1) is 0 Å². The van der Waals surface area contributed by atoms with Gasteiger partial charge in [0.25, 0.3) is 5.91 Å². The summed E-state index contributed by atoms with van der Waals surface area (Å²) in [5.41, 5.74) is 10.1. The lowest BCUT2D eigenvalue weighted by Crippen LogP contribution is -2.14. The van der Waals surface area contributed by atoms with Crippen molar-refractivity contribution in [3.8, 4) is 5.75 Å². The first kappa shape index (κ1) is 13.9. The highest BCUT2D eigenvalue weighted by atomic mass is 16.3. The van der Waals surface area contributed by atoms with Gasteiger partial charge in [-0.25, -0.2) is 0 Å². The molecule has 2 aromatic rings. The number of hydrogen-bond donors (Lipinski definition) is 3. The van der Waals surface area contributed by atoms with Crippen molar-refractivity contribution in [1.29, 1.82) is 0 Å². The van der Waals surface area contributed by atoms with Crippen LogP contribution in [0.1, 0.15) is 27.0 Å². The second-order valence-electron chi connectivity index (χ2n) is 4.93. The van der Waals surface area contributed by atoms with Crippen molar-refractivity contribution in [1.82, 2.24) is 0 Å². The van der Waals surface area contributed by atoms with Crippen molar-refractivity contribution in [2.45, 2.75) is 20.8 Å². The highest BCUT2D eigenvalue weighted by molar-refractivity contribution is 6.05. The summed E-state index contributed by atoms with van der Waals surface area (Å²) in [6.07, 6.45) is 0. The standard InChI is InChI=1S/C16H18N2O2/c1-9-4-6-12(8-14(9)19)16(20)18-15-10(2)5-7-13(17)11(15)3/h4-8,19H,17H2,1-3H3,(H,18,20). The lowest BCUT2D eigenvalue weighted by molar-refractivity contribution is 0.102. The van der Waals surface area contributed by atoms with Gasteiger partial charge in [0.05, 0.1) is 0 Å². The van der Waals surface area contributed by atoms with E-state index in [-0.39, 0.29) is 11.7 Å². The van der Waals surface area contributed by atoms with Gasteiger partial charge >= 0.3 is 0 Å². The molecule has 2 aromatic carbocycles. The van der Waals surface area contributed by atoms with Crippen molar-refractivity contribution < 1.29 is 9.90 Å². The third-order valence-corrected chi connectivity index (χ3v) is 3.43. The van der Waals surface area contributed by atoms with Crippen LogP contribution in [-0.4, -0.2) is 11.0 Å². The van der Waals surface area contributed by atoms with Crippen LogP contribution in [0.15, 0.2) is 30.3 Å². The summed E-state index contributed by atoms with van der Waals surface area (Å²) in [6, 6.07) is 8.54. The SMILES string of the molecule is Cc1ccc(C(=O)Nc2c(C)ccc(N)c2C)cc1O. The van der Waals surface area contributed by atoms with E-state index >= 15 is 0 Å². The van der Waals surface area contributed by atoms with Crippen LogP contribution < -0.4 is 11.1 Å². The van der Waals surface area contributed by atoms with Crippen LogP contribution in [-0.2, 0) is 0 Å². The highest BCUT2D eigenvalue weighted by Gasteiger charge is 2.12. The van der Waals surface area contributed by atoms with E-state index in [1.54, 1.807) is 19.1 Å². The van der Waals surface area contributed by atoms with Crippen molar-refractivity contribution >= 4 is 17.3 Å². The van der Waals surface area contributed by atoms with E-state index in [0.717, 1.165) is 22.4 Å². The van der Waals surface area contributed by atoms with E-state index < -0.39 is 0 Å². The molecule has 0 saturated heterocycles. The number of benzene rings is 2. The van der Waals surface area contributed by atoms with E-state index in [9.17, 15) is 9.90 Å². The van der Waals surface area contributed by atoms with Crippen LogP contribution in [0.25, 0.3) is 0 Å². The molecule has 2 rings (SSSR count). The van der Waals surface area contributed by atoms with Crippen LogP contribution in [0.3, 0.4) is 0 Å². The third kappa shape index (κ3) is 2.59. The number of carbonyl (C=O) groups excluding carboxylic acids is 1. The summed E-state index contributed by atoms with van der Waals surface area (Å²) in [5.74, 6) is -0.157. The molecule has 104 valence electrons. The molecule has 0 bridgehead atoms. The number of aryl methyl sites for hydroxylation is 2. The molecule has 0 aliphatic rings. The van der Waals surface area contributed by atoms with Gasteiger partial charge in [-0.3, -0.25) is 4.79 Å². The molecule has 0 radical (unpaired) electrons. The molecule has 0 aliphatic carbocycles. The maximum Gasteiger partial charge on any atom is 0.255 e. The maximum absolute atomic E-state index is 12.2. The van der Waals surface area contributed by atoms with Gasteiger partial charge in [-0.1, -0.05) is 12.1 Å². The minimum absolute atomic E-state index is 0.110. The van der Waals surface area contributed by atoms with Gasteiger partial charge in [0.1, 0.15) is 5.75 Å². The quantitative estimate of drug-likeness (QED) is 0.734. The summed E-state index contributed by atoms with van der Waals surface area (Å²) in [7, 11) is 0. The molecular formula is C16H18N2O2. The first-order chi connectivity index (χ1) is 9.40. The zero-order chi connectivity index (χ0) is 14.9. The second-order valence-corrected chi connectivity index (χ2v) is 4.93. The second kappa shape index (κ2) is 5.25. The molecule has 0 aliphatic heterocycles. The number of nitrogen functional groups attached to an aromatic ring is 1. The van der Waals surface area contributed by atoms with Crippen LogP contribution in [0.5, 0.6) is 5.75 Å². The van der Waals surface area contributed by atoms with Gasteiger partial charge in [0, 0.05) is 16.9 Å². The molecule has 0 unspecified atom stereocenters. The summed E-state index contributed by atoms with van der Waals surface area (Å²) in [4.78, 5) is 12.2. The van der Waals surface area contributed by atoms with E-state index in [1.807, 2.05) is 26.0 Å². The molecule has 0 saturated carbocycles. The molecular weight excluding hydrogens is 252 g/mol. The topological polar surface area (TPSA) is 75.4 Å². The van der Waals surface area contributed by atoms with E-state index in [4.69, 9.17) is 5.73 Å². The predicted octanol–water partition coefficient (Wildman–Crippen LogP) is 3.15. The Balaban J connectivity index is 2.32. The molecule has 0 atom stereocenters. The monoisotopic (exact) mass is 270 g/mol. The zero-order valence-electron chi connectivity index (χ0n) is 11.8. The van der Waals surface area contributed by atoms with Gasteiger partial charge in [-0.05, 0) is 55.7 Å². The molecule has 20 heavy (non-hydrogen) atoms. The Morgan fingerprint density at radius 1 is 1.10 bits per heavy atom. The van der Waals surface area contributed by atoms with Gasteiger partial charge in [0.2, 0.25) is 0 Å². The number of anilines is 2. The molecule has 0 heterocycles. The Morgan fingerprint density at radius 2 is 1.75 bits per heavy atom. The van der Waals surface area contributed by atoms with Crippen LogP contribution >= 0.6 is 0 Å². The smallest absolute Gasteiger partial charge is 0.255 e. The molecule has 0 fully saturated rings. The normalized spacial score (nSPS) is 10.3. The minimum Gasteiger partial charge on any atom is -0.508 e. The number of nitrogens with one attached hydrogen (secondary N) is 1. The average molecular weight is 270 g/mol. The number of rotatable bonds is 2. The van der Waals surface area contributed by atoms with Crippen molar-refractivity contribution in [3.63, 3.8) is 0 Å². The number of phenols is 1. The lowest BCUT2D eigenvalue weighted by Gasteiger charge is -2.13. The molecule has 1 amide bonds. The number of aromatic hydroxyl groups is 1. The first-order valence-electron chi connectivity index (χ1n) is 6.37. The summed E-state index contributed by atoms with van der Waals surface area (Å²) < 4.78 is 0. The van der Waals surface area contributed by atoms with E-state index in [1.165, 1.54) is 6.07 Å². The zero-order valence-corrected chi connectivity index (χ0v) is 11.8. The van der Waals surface area contributed by atoms with Crippen molar-refractivity contribution in [3.05, 3.63) is 52.6 Å². The third-order valence-electron chi connectivity index (χ3n) is 3.43. The Morgan fingerprint density at radius 3 is 2.40 bits per heavy atom. The molecule has 4 nitrogen and oxygen atoms in total. The Kier molecular flexibility index (Phi) is 3.66. The summed E-state index contributed by atoms with van der Waals surface area (Å²) in [6.45, 7) is 5.56. The van der Waals surface area contributed by atoms with Crippen LogP contribution in [0.4, 0.5) is 11.4 Å². The molecule has 0 spiro atoms. The molecule has 4 heteroatoms. The van der Waals surface area contributed by atoms with Gasteiger partial charge in [0.15, 0.2) is 0 Å². The van der Waals surface area contributed by atoms with Gasteiger partial charge < -0.3 is 16.2 Å². The Bertz CT molecular complexity index is 678. The number of nitrogens with two attached hydrogens (primary N) is 1. The highest BCUT2D eigenvalue weighted by Crippen LogP contribution is 2.26. The average Bonchev–Trinajstić information content (AvgIpc) is 2.42. The number of phenolic OH excluding ortho intramolecular Hbond substituents is 1.